The van der Waals surface area contributed by atoms with Gasteiger partial charge in [-0.3, -0.25) is 20.1 Å². The molecule has 77 heavy (non-hydrogen) atoms. The number of hydrogen-bond acceptors (Lipinski definition) is 10. The molecule has 10 aliphatic rings. The number of nitrogens with two attached hydrogens (primary N) is 1. The number of amides is 1. The van der Waals surface area contributed by atoms with E-state index in [1.807, 2.05) is 0 Å². The molecule has 22 atom stereocenters. The molecule has 0 aromatic carbocycles. The fraction of sp³-hybridized carbons (Fsp3) is 0.921. The van der Waals surface area contributed by atoms with Crippen molar-refractivity contribution < 1.29 is 134 Å². The molecule has 14 heteroatoms. The Bertz CT molecular complexity index is 2110. The second kappa shape index (κ2) is 28.3. The maximum atomic E-state index is 12.0. The molecule has 426 valence electrons. The Morgan fingerprint density at radius 2 is 1.19 bits per heavy atom. The van der Waals surface area contributed by atoms with Gasteiger partial charge >= 0.3 is 103 Å². The number of hydrazine groups is 1. The summed E-state index contributed by atoms with van der Waals surface area (Å²) in [4.78, 5) is 27.8. The van der Waals surface area contributed by atoms with Crippen LogP contribution in [0.25, 0.3) is 0 Å². The smallest absolute Gasteiger partial charge is 1.00 e. The average Bonchev–Trinajstić information content (AvgIpc) is 4.32. The second-order valence-corrected chi connectivity index (χ2v) is 28.8. The second-order valence-electron chi connectivity index (χ2n) is 28.8. The molecule has 10 saturated carbocycles. The molecule has 0 unspecified atom stereocenters. The zero-order valence-electron chi connectivity index (χ0n) is 51.5. The van der Waals surface area contributed by atoms with Crippen molar-refractivity contribution in [1.29, 1.82) is 5.26 Å². The van der Waals surface area contributed by atoms with Crippen LogP contribution >= 0.6 is 0 Å². The molecular weight excluding hydrogens is 1010 g/mol. The molecule has 11 rings (SSSR count). The molecule has 1 aromatic rings. The van der Waals surface area contributed by atoms with Crippen molar-refractivity contribution in [2.24, 2.45) is 128 Å². The number of nitrogens with one attached hydrogen (secondary N) is 2. The van der Waals surface area contributed by atoms with Gasteiger partial charge in [-0.05, 0) is 232 Å². The predicted octanol–water partition coefficient (Wildman–Crippen LogP) is 5.92. The van der Waals surface area contributed by atoms with Crippen molar-refractivity contribution >= 4 is 12.4 Å². The number of fused-ring (bicyclic) bond motifs is 10. The van der Waals surface area contributed by atoms with Crippen LogP contribution in [0.3, 0.4) is 0 Å². The fourth-order valence-electron chi connectivity index (χ4n) is 20.7. The van der Waals surface area contributed by atoms with E-state index in [1.165, 1.54) is 109 Å². The van der Waals surface area contributed by atoms with Crippen LogP contribution in [0.1, 0.15) is 236 Å². The molecule has 0 saturated heterocycles. The molecule has 6 N–H and O–H groups in total. The minimum atomic E-state index is -0.181. The summed E-state index contributed by atoms with van der Waals surface area (Å²) < 4.78 is 0. The Kier molecular flexibility index (Phi) is 24.5. The zero-order chi connectivity index (χ0) is 54.2. The van der Waals surface area contributed by atoms with E-state index >= 15 is 0 Å². The van der Waals surface area contributed by atoms with Gasteiger partial charge in [0.15, 0.2) is 5.82 Å². The molecule has 12 nitrogen and oxygen atoms in total. The minimum absolute atomic E-state index is 0. The number of hydrogen-bond donors (Lipinski definition) is 5. The SMILES string of the molecule is CC[C@H]1[C@@H](O)[C@@H]2[C@H](CC[C@]3(C)[C@@H]([C@H](C)CCC(=O)NN)CC[C@@H]23)[C@@]2(C)CC[C@@H](C)C[C@@H]12.CC[C@H]1[C@@H](O)[C@@H]2[C@H](CC[C@]3(C)[C@@H]([C@H](C)CCc4nc(C5CC5)n[nH]4)CC[C@@H]23)[C@@]2(C)CC[C@@H](C)C[C@@H]12.N#CC1CC1.O=CO[O-].[H-].[K+].[K+]. The largest absolute Gasteiger partial charge is 1.00 e. The summed E-state index contributed by atoms with van der Waals surface area (Å²) in [6.45, 7) is 24.7. The average molecular weight is 1120 g/mol. The van der Waals surface area contributed by atoms with Gasteiger partial charge in [0.05, 0.1) is 18.3 Å². The number of aromatic nitrogens is 3. The normalized spacial score (nSPS) is 43.8. The topological polar surface area (TPSA) is 210 Å². The van der Waals surface area contributed by atoms with Crippen LogP contribution in [0, 0.1) is 134 Å². The number of aromatic amines is 1. The van der Waals surface area contributed by atoms with Crippen LogP contribution in [0.5, 0.6) is 0 Å². The minimum Gasteiger partial charge on any atom is -1.00 e. The van der Waals surface area contributed by atoms with E-state index in [9.17, 15) is 15.0 Å². The maximum absolute atomic E-state index is 12.0. The first-order chi connectivity index (χ1) is 35.8. The van der Waals surface area contributed by atoms with Crippen molar-refractivity contribution in [2.45, 2.75) is 241 Å². The number of aliphatic hydroxyl groups excluding tert-OH is 2. The third-order valence-electron chi connectivity index (χ3n) is 25.0. The Balaban J connectivity index is 0.000000241. The molecule has 0 bridgehead atoms. The number of rotatable bonds is 12. The molecule has 10 aliphatic carbocycles. The van der Waals surface area contributed by atoms with Gasteiger partial charge in [0.1, 0.15) is 5.82 Å². The molecule has 0 radical (unpaired) electrons. The van der Waals surface area contributed by atoms with E-state index in [2.05, 4.69) is 95.8 Å². The van der Waals surface area contributed by atoms with Gasteiger partial charge in [-0.15, -0.1) is 0 Å². The number of carbonyl (C=O) groups excluding carboxylic acids is 2. The van der Waals surface area contributed by atoms with Gasteiger partial charge in [0, 0.05) is 24.7 Å². The summed E-state index contributed by atoms with van der Waals surface area (Å²) in [5.41, 5.74) is 3.87. The zero-order valence-corrected chi connectivity index (χ0v) is 56.8. The predicted molar refractivity (Wildman–Crippen MR) is 293 cm³/mol. The van der Waals surface area contributed by atoms with Crippen molar-refractivity contribution in [3.05, 3.63) is 11.6 Å². The first kappa shape index (κ1) is 66.8. The van der Waals surface area contributed by atoms with E-state index < -0.39 is 0 Å². The Morgan fingerprint density at radius 3 is 1.58 bits per heavy atom. The van der Waals surface area contributed by atoms with Gasteiger partial charge in [-0.1, -0.05) is 94.9 Å². The van der Waals surface area contributed by atoms with E-state index in [0.29, 0.717) is 105 Å². The maximum Gasteiger partial charge on any atom is 1.00 e. The molecule has 1 aromatic heterocycles. The summed E-state index contributed by atoms with van der Waals surface area (Å²) in [7, 11) is 0. The number of aryl methyl sites for hydroxylation is 1. The summed E-state index contributed by atoms with van der Waals surface area (Å²) in [5.74, 6) is 19.0. The summed E-state index contributed by atoms with van der Waals surface area (Å²) >= 11 is 0. The summed E-state index contributed by atoms with van der Waals surface area (Å²) in [5, 5.41) is 47.9. The Labute approximate surface area is 553 Å². The van der Waals surface area contributed by atoms with Crippen molar-refractivity contribution in [2.75, 3.05) is 0 Å². The van der Waals surface area contributed by atoms with Gasteiger partial charge in [0.2, 0.25) is 5.91 Å². The third-order valence-corrected chi connectivity index (χ3v) is 25.0. The summed E-state index contributed by atoms with van der Waals surface area (Å²) in [6, 6.07) is 2.14. The van der Waals surface area contributed by atoms with Gasteiger partial charge < -0.3 is 21.8 Å². The number of nitrogens with zero attached hydrogens (tertiary/aromatic N) is 3. The van der Waals surface area contributed by atoms with Crippen molar-refractivity contribution in [1.82, 2.24) is 20.6 Å². The summed E-state index contributed by atoms with van der Waals surface area (Å²) in [6.07, 6.45) is 29.3. The molecule has 10 fully saturated rings. The van der Waals surface area contributed by atoms with Crippen molar-refractivity contribution in [3.8, 4) is 6.07 Å². The van der Waals surface area contributed by atoms with Crippen LogP contribution in [-0.2, 0) is 20.9 Å². The van der Waals surface area contributed by atoms with Gasteiger partial charge in [-0.2, -0.15) is 10.4 Å². The van der Waals surface area contributed by atoms with E-state index in [-0.39, 0.29) is 129 Å². The standard InChI is InChI=1S/C31H51N3O.C27H48N2O2.C4H5N.CH2O3.2K.H/c1-6-21-25-17-18(2)13-15-31(25,5)24-14-16-30(4)22(10-11-23(30)27(24)28(21)35)19(3)7-12-26-32-29(34-33-26)20-8-9-20;1-6-18-22-15-16(2)11-13-27(22,5)21-12-14-26(4)19(17(3)7-10-23(30)29-28)8-9-20(26)24(21)25(18)31;5-3-4-1-2-4;2-1-4-3;;;/h18-25,27-28,35H,6-17H2,1-5H3,(H,32,33,34);16-22,24-25,31H,6-15,28H2,1-5H3,(H,29,30);4H,1-2H2;1,3H;;;/q;;;;2*+1;-1/p-1/t18-,19-,21-,22-,23+,24+,25+,27+,28-,30-,31-;16-,17-,18-,19-,20+,21+,22+,24+,25-,26-,27-;;;;;/m11...../s1. The Hall–Kier alpha value is 0.683. The van der Waals surface area contributed by atoms with Gasteiger partial charge in [0.25, 0.3) is 6.47 Å². The van der Waals surface area contributed by atoms with Crippen molar-refractivity contribution in [3.63, 3.8) is 0 Å². The van der Waals surface area contributed by atoms with Crippen LogP contribution in [-0.4, -0.2) is 50.0 Å². The number of aliphatic hydroxyl groups is 2. The number of H-pyrrole nitrogens is 1. The molecule has 0 aliphatic heterocycles. The fourth-order valence-corrected chi connectivity index (χ4v) is 20.7. The van der Waals surface area contributed by atoms with Gasteiger partial charge in [-0.25, -0.2) is 10.8 Å². The molecule has 1 amide bonds. The molecule has 1 heterocycles. The monoisotopic (exact) mass is 1120 g/mol. The van der Waals surface area contributed by atoms with Crippen LogP contribution < -0.4 is 119 Å². The third kappa shape index (κ3) is 13.7. The van der Waals surface area contributed by atoms with Crippen LogP contribution in [0.2, 0.25) is 0 Å². The van der Waals surface area contributed by atoms with E-state index in [4.69, 9.17) is 26.1 Å². The quantitative estimate of drug-likeness (QED) is 0.0417. The first-order valence-corrected chi connectivity index (χ1v) is 31.2. The Morgan fingerprint density at radius 1 is 0.753 bits per heavy atom. The van der Waals surface area contributed by atoms with E-state index in [1.54, 1.807) is 0 Å². The van der Waals surface area contributed by atoms with E-state index in [0.717, 1.165) is 79.8 Å². The molecular formula is C63H106K2N6O6. The van der Waals surface area contributed by atoms with Crippen LogP contribution in [0.4, 0.5) is 0 Å². The molecule has 0 spiro atoms. The first-order valence-electron chi connectivity index (χ1n) is 31.2. The number of nitriles is 1. The number of carbonyl (C=O) groups is 2. The van der Waals surface area contributed by atoms with Crippen LogP contribution in [0.15, 0.2) is 0 Å².